The lowest BCUT2D eigenvalue weighted by molar-refractivity contribution is 0.0650. The van der Waals surface area contributed by atoms with E-state index in [1.54, 1.807) is 12.3 Å². The Hall–Kier alpha value is -3.79. The standard InChI is InChI=1S/C24H16N2O2/c1-26-23(27)19-6-4-5-18-17(12-13-20(22(18)19)24(26)28)15-8-10-16(11-9-15)21-7-2-3-14-25-21/h2-14H,1H3. The van der Waals surface area contributed by atoms with Crippen LogP contribution in [-0.4, -0.2) is 28.7 Å². The molecular weight excluding hydrogens is 348 g/mol. The summed E-state index contributed by atoms with van der Waals surface area (Å²) in [5, 5.41) is 1.65. The fourth-order valence-corrected chi connectivity index (χ4v) is 3.82. The average Bonchev–Trinajstić information content (AvgIpc) is 2.76. The Morgan fingerprint density at radius 1 is 0.679 bits per heavy atom. The van der Waals surface area contributed by atoms with Gasteiger partial charge in [0.05, 0.1) is 5.69 Å². The summed E-state index contributed by atoms with van der Waals surface area (Å²) < 4.78 is 0. The molecule has 134 valence electrons. The maximum Gasteiger partial charge on any atom is 0.261 e. The van der Waals surface area contributed by atoms with Crippen LogP contribution in [0.3, 0.4) is 0 Å². The van der Waals surface area contributed by atoms with Crippen LogP contribution in [0.15, 0.2) is 79.0 Å². The van der Waals surface area contributed by atoms with Crippen LogP contribution in [0.1, 0.15) is 20.7 Å². The van der Waals surface area contributed by atoms with Crippen molar-refractivity contribution in [3.63, 3.8) is 0 Å². The molecule has 0 aliphatic carbocycles. The molecule has 28 heavy (non-hydrogen) atoms. The van der Waals surface area contributed by atoms with Crippen LogP contribution < -0.4 is 0 Å². The number of aromatic nitrogens is 1. The molecule has 2 heterocycles. The van der Waals surface area contributed by atoms with E-state index in [4.69, 9.17) is 0 Å². The van der Waals surface area contributed by atoms with Gasteiger partial charge in [-0.2, -0.15) is 0 Å². The molecule has 2 amide bonds. The lowest BCUT2D eigenvalue weighted by Gasteiger charge is -2.24. The summed E-state index contributed by atoms with van der Waals surface area (Å²) >= 11 is 0. The molecule has 4 nitrogen and oxygen atoms in total. The molecule has 4 aromatic rings. The van der Waals surface area contributed by atoms with Crippen molar-refractivity contribution in [1.29, 1.82) is 0 Å². The SMILES string of the molecule is CN1C(=O)c2cccc3c(-c4ccc(-c5ccccn5)cc4)ccc(c23)C1=O. The molecular formula is C24H16N2O2. The number of hydrogen-bond donors (Lipinski definition) is 0. The molecule has 0 bridgehead atoms. The molecule has 0 saturated carbocycles. The summed E-state index contributed by atoms with van der Waals surface area (Å²) in [7, 11) is 1.52. The van der Waals surface area contributed by atoms with Gasteiger partial charge in [-0.15, -0.1) is 0 Å². The molecule has 0 fully saturated rings. The molecule has 4 heteroatoms. The second-order valence-electron chi connectivity index (χ2n) is 6.85. The Bertz CT molecular complexity index is 1220. The zero-order valence-electron chi connectivity index (χ0n) is 15.2. The Balaban J connectivity index is 1.68. The quantitative estimate of drug-likeness (QED) is 0.480. The lowest BCUT2D eigenvalue weighted by Crippen LogP contribution is -2.36. The van der Waals surface area contributed by atoms with E-state index in [9.17, 15) is 9.59 Å². The number of rotatable bonds is 2. The monoisotopic (exact) mass is 364 g/mol. The van der Waals surface area contributed by atoms with Crippen LogP contribution in [0.5, 0.6) is 0 Å². The number of nitrogens with zero attached hydrogens (tertiary/aromatic N) is 2. The van der Waals surface area contributed by atoms with Crippen molar-refractivity contribution in [2.75, 3.05) is 7.05 Å². The molecule has 0 N–H and O–H groups in total. The molecule has 0 radical (unpaired) electrons. The van der Waals surface area contributed by atoms with E-state index in [0.717, 1.165) is 33.2 Å². The maximum atomic E-state index is 12.6. The van der Waals surface area contributed by atoms with Crippen LogP contribution in [-0.2, 0) is 0 Å². The van der Waals surface area contributed by atoms with Gasteiger partial charge in [0, 0.05) is 35.3 Å². The number of carbonyl (C=O) groups is 2. The summed E-state index contributed by atoms with van der Waals surface area (Å²) in [6.07, 6.45) is 1.78. The number of hydrogen-bond acceptors (Lipinski definition) is 3. The largest absolute Gasteiger partial charge is 0.277 e. The smallest absolute Gasteiger partial charge is 0.261 e. The van der Waals surface area contributed by atoms with E-state index in [1.807, 2.05) is 66.7 Å². The summed E-state index contributed by atoms with van der Waals surface area (Å²) in [6.45, 7) is 0. The van der Waals surface area contributed by atoms with Crippen molar-refractivity contribution >= 4 is 22.6 Å². The highest BCUT2D eigenvalue weighted by Gasteiger charge is 2.30. The van der Waals surface area contributed by atoms with Crippen LogP contribution in [0.4, 0.5) is 0 Å². The summed E-state index contributed by atoms with van der Waals surface area (Å²) in [4.78, 5) is 30.7. The third-order valence-electron chi connectivity index (χ3n) is 5.27. The summed E-state index contributed by atoms with van der Waals surface area (Å²) in [6, 6.07) is 23.4. The zero-order valence-corrected chi connectivity index (χ0v) is 15.2. The highest BCUT2D eigenvalue weighted by atomic mass is 16.2. The molecule has 3 aromatic carbocycles. The first kappa shape index (κ1) is 16.4. The minimum atomic E-state index is -0.259. The number of benzene rings is 3. The average molecular weight is 364 g/mol. The van der Waals surface area contributed by atoms with Gasteiger partial charge in [0.15, 0.2) is 0 Å². The fraction of sp³-hybridized carbons (Fsp3) is 0.0417. The van der Waals surface area contributed by atoms with Crippen molar-refractivity contribution in [2.24, 2.45) is 0 Å². The molecule has 0 saturated heterocycles. The normalized spacial score (nSPS) is 13.2. The van der Waals surface area contributed by atoms with Crippen LogP contribution in [0, 0.1) is 0 Å². The number of pyridine rings is 1. The minimum absolute atomic E-state index is 0.259. The van der Waals surface area contributed by atoms with E-state index in [0.29, 0.717) is 11.1 Å². The first-order valence-corrected chi connectivity index (χ1v) is 9.05. The van der Waals surface area contributed by atoms with E-state index in [-0.39, 0.29) is 11.8 Å². The third-order valence-corrected chi connectivity index (χ3v) is 5.27. The van der Waals surface area contributed by atoms with Crippen molar-refractivity contribution in [3.8, 4) is 22.4 Å². The third kappa shape index (κ3) is 2.35. The molecule has 0 atom stereocenters. The predicted octanol–water partition coefficient (Wildman–Crippen LogP) is 4.79. The summed E-state index contributed by atoms with van der Waals surface area (Å²) in [5.74, 6) is -0.517. The van der Waals surface area contributed by atoms with Gasteiger partial charge in [-0.25, -0.2) is 0 Å². The van der Waals surface area contributed by atoms with Crippen molar-refractivity contribution in [2.45, 2.75) is 0 Å². The van der Waals surface area contributed by atoms with Gasteiger partial charge in [0.2, 0.25) is 0 Å². The molecule has 0 unspecified atom stereocenters. The summed E-state index contributed by atoms with van der Waals surface area (Å²) in [5.41, 5.74) is 5.13. The van der Waals surface area contributed by atoms with Crippen molar-refractivity contribution < 1.29 is 9.59 Å². The minimum Gasteiger partial charge on any atom is -0.277 e. The van der Waals surface area contributed by atoms with Crippen molar-refractivity contribution in [3.05, 3.63) is 90.1 Å². The van der Waals surface area contributed by atoms with Gasteiger partial charge in [0.25, 0.3) is 11.8 Å². The number of imide groups is 1. The topological polar surface area (TPSA) is 50.3 Å². The first-order chi connectivity index (χ1) is 13.6. The Morgan fingerprint density at radius 3 is 2.07 bits per heavy atom. The van der Waals surface area contributed by atoms with Gasteiger partial charge >= 0.3 is 0 Å². The van der Waals surface area contributed by atoms with Gasteiger partial charge < -0.3 is 0 Å². The van der Waals surface area contributed by atoms with Crippen molar-refractivity contribution in [1.82, 2.24) is 9.88 Å². The Kier molecular flexibility index (Phi) is 3.59. The first-order valence-electron chi connectivity index (χ1n) is 9.05. The number of amides is 2. The van der Waals surface area contributed by atoms with Gasteiger partial charge in [-0.05, 0) is 40.8 Å². The van der Waals surface area contributed by atoms with Gasteiger partial charge in [-0.1, -0.05) is 48.5 Å². The van der Waals surface area contributed by atoms with Crippen LogP contribution in [0.2, 0.25) is 0 Å². The van der Waals surface area contributed by atoms with Crippen LogP contribution in [0.25, 0.3) is 33.2 Å². The second-order valence-corrected chi connectivity index (χ2v) is 6.85. The molecule has 1 aromatic heterocycles. The van der Waals surface area contributed by atoms with Crippen LogP contribution >= 0.6 is 0 Å². The second kappa shape index (κ2) is 6.13. The number of carbonyl (C=O) groups excluding carboxylic acids is 2. The molecule has 5 rings (SSSR count). The molecule has 1 aliphatic rings. The van der Waals surface area contributed by atoms with Gasteiger partial charge in [0.1, 0.15) is 0 Å². The maximum absolute atomic E-state index is 12.6. The fourth-order valence-electron chi connectivity index (χ4n) is 3.82. The Labute approximate surface area is 162 Å². The predicted molar refractivity (Wildman–Crippen MR) is 109 cm³/mol. The van der Waals surface area contributed by atoms with E-state index >= 15 is 0 Å². The highest BCUT2D eigenvalue weighted by Crippen LogP contribution is 2.36. The van der Waals surface area contributed by atoms with E-state index < -0.39 is 0 Å². The van der Waals surface area contributed by atoms with Gasteiger partial charge in [-0.3, -0.25) is 19.5 Å². The zero-order chi connectivity index (χ0) is 19.3. The lowest BCUT2D eigenvalue weighted by atomic mass is 9.89. The Morgan fingerprint density at radius 2 is 1.36 bits per heavy atom. The molecule has 1 aliphatic heterocycles. The highest BCUT2D eigenvalue weighted by molar-refractivity contribution is 6.26. The van der Waals surface area contributed by atoms with E-state index in [2.05, 4.69) is 4.98 Å². The van der Waals surface area contributed by atoms with E-state index in [1.165, 1.54) is 11.9 Å². The molecule has 0 spiro atoms.